The molecule has 0 unspecified atom stereocenters. The first-order valence-electron chi connectivity index (χ1n) is 15.2. The Morgan fingerprint density at radius 1 is 0.404 bits per heavy atom. The van der Waals surface area contributed by atoms with Gasteiger partial charge in [0, 0.05) is 31.2 Å². The molecule has 0 heterocycles. The Kier molecular flexibility index (Phi) is 10.9. The first-order valence-corrected chi connectivity index (χ1v) is 18.4. The topological polar surface area (TPSA) is 101 Å². The second-order valence-corrected chi connectivity index (χ2v) is 16.0. The summed E-state index contributed by atoms with van der Waals surface area (Å²) >= 11 is 6.38. The van der Waals surface area contributed by atoms with Crippen LogP contribution in [-0.2, 0) is 25.7 Å². The smallest absolute Gasteiger partial charge is 0.142 e. The molecular weight excluding hydrogens is 929 g/mol. The summed E-state index contributed by atoms with van der Waals surface area (Å²) < 4.78 is 2.32. The normalized spacial score (nSPS) is 11.3. The van der Waals surface area contributed by atoms with Gasteiger partial charge >= 0.3 is 0 Å². The van der Waals surface area contributed by atoms with E-state index in [-0.39, 0.29) is 28.7 Å². The molecule has 5 nitrogen and oxygen atoms in total. The van der Waals surface area contributed by atoms with Crippen LogP contribution in [0.1, 0.15) is 72.3 Å². The molecule has 8 heteroatoms. The fourth-order valence-electron chi connectivity index (χ4n) is 6.30. The molecule has 244 valence electrons. The van der Waals surface area contributed by atoms with Crippen molar-refractivity contribution in [1.29, 1.82) is 0 Å². The van der Waals surface area contributed by atoms with Crippen LogP contribution in [0.5, 0.6) is 28.7 Å². The second kappa shape index (κ2) is 14.4. The minimum atomic E-state index is 0.251. The van der Waals surface area contributed by atoms with E-state index >= 15 is 0 Å². The molecular formula is C39H37I3O5. The van der Waals surface area contributed by atoms with E-state index in [0.717, 1.165) is 83.0 Å². The molecule has 0 amide bonds. The number of aromatic hydroxyl groups is 5. The molecule has 5 N–H and O–H groups in total. The maximum absolute atomic E-state index is 11.6. The number of phenols is 5. The lowest BCUT2D eigenvalue weighted by molar-refractivity contribution is 0.462. The SMILES string of the molecule is Cc1cc(Cc2cc(C)c(O)c(Cc3cc(I)c(O)c(I)c3)c2)c(O)c(Cc2cc(C)c(O)c(Cc3cc(C)c(O)c(I)c3)c2C)c1. The number of phenolic OH excluding ortho intramolecular Hbond substituents is 5. The lowest BCUT2D eigenvalue weighted by Gasteiger charge is -2.19. The summed E-state index contributed by atoms with van der Waals surface area (Å²) in [5, 5.41) is 54.1. The van der Waals surface area contributed by atoms with Crippen LogP contribution in [-0.4, -0.2) is 25.5 Å². The third-order valence-corrected chi connectivity index (χ3v) is 11.2. The van der Waals surface area contributed by atoms with Crippen molar-refractivity contribution in [1.82, 2.24) is 0 Å². The van der Waals surface area contributed by atoms with Crippen molar-refractivity contribution in [3.8, 4) is 28.7 Å². The van der Waals surface area contributed by atoms with Gasteiger partial charge in [0.1, 0.15) is 28.7 Å². The molecule has 0 aliphatic carbocycles. The predicted octanol–water partition coefficient (Wildman–Crippen LogP) is 9.93. The maximum Gasteiger partial charge on any atom is 0.142 e. The average molecular weight is 966 g/mol. The zero-order valence-corrected chi connectivity index (χ0v) is 33.4. The number of hydrogen-bond acceptors (Lipinski definition) is 5. The van der Waals surface area contributed by atoms with Crippen molar-refractivity contribution in [2.24, 2.45) is 0 Å². The fraction of sp³-hybridized carbons (Fsp3) is 0.231. The van der Waals surface area contributed by atoms with Crippen molar-refractivity contribution in [2.45, 2.75) is 60.3 Å². The summed E-state index contributed by atoms with van der Waals surface area (Å²) in [6.07, 6.45) is 2.05. The summed E-state index contributed by atoms with van der Waals surface area (Å²) in [4.78, 5) is 0. The van der Waals surface area contributed by atoms with E-state index in [1.807, 2.05) is 89.2 Å². The van der Waals surface area contributed by atoms with Crippen molar-refractivity contribution >= 4 is 67.8 Å². The standard InChI is InChI=1S/C39H37I3O5/c1-19-6-28(11-24-8-20(2)35(43)30(12-24)13-26-16-33(41)39(47)34(42)17-26)38(46)29(7-19)18-27-10-22(4)36(44)31(23(27)5)14-25-9-21(3)37(45)32(40)15-25/h6-10,12,15-17,43-47H,11,13-14,18H2,1-5H3. The summed E-state index contributed by atoms with van der Waals surface area (Å²) in [6.45, 7) is 9.72. The van der Waals surface area contributed by atoms with Crippen LogP contribution in [0, 0.1) is 45.3 Å². The van der Waals surface area contributed by atoms with Gasteiger partial charge < -0.3 is 25.5 Å². The summed E-state index contributed by atoms with van der Waals surface area (Å²) in [6, 6.07) is 17.8. The minimum absolute atomic E-state index is 0.251. The van der Waals surface area contributed by atoms with Gasteiger partial charge in [-0.15, -0.1) is 0 Å². The highest BCUT2D eigenvalue weighted by Crippen LogP contribution is 2.37. The van der Waals surface area contributed by atoms with Gasteiger partial charge in [-0.05, 0) is 182 Å². The molecule has 0 bridgehead atoms. The van der Waals surface area contributed by atoms with Crippen molar-refractivity contribution < 1.29 is 25.5 Å². The quantitative estimate of drug-likeness (QED) is 0.0998. The molecule has 0 saturated carbocycles. The lowest BCUT2D eigenvalue weighted by Crippen LogP contribution is -2.03. The Morgan fingerprint density at radius 3 is 1.43 bits per heavy atom. The van der Waals surface area contributed by atoms with Gasteiger partial charge in [0.15, 0.2) is 0 Å². The van der Waals surface area contributed by atoms with Crippen LogP contribution in [0.25, 0.3) is 0 Å². The highest BCUT2D eigenvalue weighted by Gasteiger charge is 2.19. The summed E-state index contributed by atoms with van der Waals surface area (Å²) in [5.41, 5.74) is 11.7. The highest BCUT2D eigenvalue weighted by atomic mass is 127. The van der Waals surface area contributed by atoms with Gasteiger partial charge in [-0.1, -0.05) is 42.0 Å². The van der Waals surface area contributed by atoms with Gasteiger partial charge in [-0.25, -0.2) is 0 Å². The molecule has 0 radical (unpaired) electrons. The fourth-order valence-corrected chi connectivity index (χ4v) is 9.02. The summed E-state index contributed by atoms with van der Waals surface area (Å²) in [7, 11) is 0. The first kappa shape index (κ1) is 35.6. The molecule has 0 spiro atoms. The third-order valence-electron chi connectivity index (χ3n) is 8.78. The number of aryl methyl sites for hydroxylation is 4. The molecule has 0 fully saturated rings. The molecule has 5 rings (SSSR count). The molecule has 0 atom stereocenters. The zero-order chi connectivity index (χ0) is 34.3. The molecule has 0 aromatic heterocycles. The van der Waals surface area contributed by atoms with E-state index in [9.17, 15) is 25.5 Å². The predicted molar refractivity (Wildman–Crippen MR) is 214 cm³/mol. The van der Waals surface area contributed by atoms with Crippen LogP contribution in [0.15, 0.2) is 54.6 Å². The Labute approximate surface area is 317 Å². The van der Waals surface area contributed by atoms with E-state index in [1.165, 1.54) is 0 Å². The first-order chi connectivity index (χ1) is 22.1. The minimum Gasteiger partial charge on any atom is -0.507 e. The highest BCUT2D eigenvalue weighted by molar-refractivity contribution is 14.1. The molecule has 0 aliphatic heterocycles. The van der Waals surface area contributed by atoms with Crippen LogP contribution in [0.3, 0.4) is 0 Å². The Bertz CT molecular complexity index is 1990. The van der Waals surface area contributed by atoms with E-state index in [2.05, 4.69) is 67.8 Å². The van der Waals surface area contributed by atoms with Crippen LogP contribution in [0.4, 0.5) is 0 Å². The van der Waals surface area contributed by atoms with Crippen molar-refractivity contribution in [3.63, 3.8) is 0 Å². The largest absolute Gasteiger partial charge is 0.507 e. The van der Waals surface area contributed by atoms with Crippen molar-refractivity contribution in [2.75, 3.05) is 0 Å². The Hall–Kier alpha value is -2.71. The van der Waals surface area contributed by atoms with E-state index in [0.29, 0.717) is 25.7 Å². The average Bonchev–Trinajstić information content (AvgIpc) is 3.00. The van der Waals surface area contributed by atoms with E-state index in [4.69, 9.17) is 0 Å². The van der Waals surface area contributed by atoms with E-state index < -0.39 is 0 Å². The monoisotopic (exact) mass is 966 g/mol. The maximum atomic E-state index is 11.6. The number of rotatable bonds is 8. The van der Waals surface area contributed by atoms with Crippen LogP contribution >= 0.6 is 67.8 Å². The van der Waals surface area contributed by atoms with E-state index in [1.54, 1.807) is 0 Å². The lowest BCUT2D eigenvalue weighted by atomic mass is 9.88. The van der Waals surface area contributed by atoms with Gasteiger partial charge in [0.05, 0.1) is 10.7 Å². The van der Waals surface area contributed by atoms with Gasteiger partial charge in [-0.2, -0.15) is 0 Å². The van der Waals surface area contributed by atoms with Gasteiger partial charge in [0.25, 0.3) is 0 Å². The zero-order valence-electron chi connectivity index (χ0n) is 26.9. The summed E-state index contributed by atoms with van der Waals surface area (Å²) in [5.74, 6) is 1.34. The molecule has 0 saturated heterocycles. The molecule has 5 aromatic carbocycles. The van der Waals surface area contributed by atoms with Gasteiger partial charge in [0.2, 0.25) is 0 Å². The van der Waals surface area contributed by atoms with Gasteiger partial charge in [-0.3, -0.25) is 0 Å². The Balaban J connectivity index is 1.46. The molecule has 5 aromatic rings. The molecule has 47 heavy (non-hydrogen) atoms. The number of halogens is 3. The number of hydrogen-bond donors (Lipinski definition) is 5. The second-order valence-electron chi connectivity index (χ2n) is 12.5. The third kappa shape index (κ3) is 7.80. The van der Waals surface area contributed by atoms with Crippen LogP contribution in [0.2, 0.25) is 0 Å². The Morgan fingerprint density at radius 2 is 0.851 bits per heavy atom. The number of benzene rings is 5. The molecule has 0 aliphatic rings. The van der Waals surface area contributed by atoms with Crippen molar-refractivity contribution in [3.05, 3.63) is 138 Å². The van der Waals surface area contributed by atoms with Crippen LogP contribution < -0.4 is 0 Å².